The predicted octanol–water partition coefficient (Wildman–Crippen LogP) is 2.84. The highest BCUT2D eigenvalue weighted by atomic mass is 16.1. The maximum Gasteiger partial charge on any atom is 0.251 e. The van der Waals surface area contributed by atoms with E-state index in [2.05, 4.69) is 45.3 Å². The second-order valence-electron chi connectivity index (χ2n) is 7.40. The van der Waals surface area contributed by atoms with Crippen molar-refractivity contribution in [2.24, 2.45) is 0 Å². The van der Waals surface area contributed by atoms with E-state index in [0.717, 1.165) is 36.3 Å². The SMILES string of the molecule is CC(C)N1CC(c2ncn[nH]2)c2cc(C(=O)NC3CCCC3)ccc21. The van der Waals surface area contributed by atoms with Gasteiger partial charge >= 0.3 is 0 Å². The lowest BCUT2D eigenvalue weighted by atomic mass is 9.98. The molecule has 1 amide bonds. The number of hydrogen-bond donors (Lipinski definition) is 2. The number of carbonyl (C=O) groups is 1. The Morgan fingerprint density at radius 2 is 2.12 bits per heavy atom. The molecule has 1 unspecified atom stereocenters. The smallest absolute Gasteiger partial charge is 0.251 e. The number of amides is 1. The van der Waals surface area contributed by atoms with Gasteiger partial charge in [-0.25, -0.2) is 4.98 Å². The van der Waals surface area contributed by atoms with Crippen LogP contribution in [0.25, 0.3) is 0 Å². The van der Waals surface area contributed by atoms with Gasteiger partial charge in [0.2, 0.25) is 0 Å². The molecule has 2 N–H and O–H groups in total. The number of hydrogen-bond acceptors (Lipinski definition) is 4. The van der Waals surface area contributed by atoms with Crippen LogP contribution in [-0.4, -0.2) is 39.7 Å². The molecule has 6 nitrogen and oxygen atoms in total. The molecule has 2 heterocycles. The van der Waals surface area contributed by atoms with Gasteiger partial charge in [0.15, 0.2) is 0 Å². The van der Waals surface area contributed by atoms with Crippen LogP contribution in [0.1, 0.15) is 67.2 Å². The topological polar surface area (TPSA) is 73.9 Å². The van der Waals surface area contributed by atoms with Crippen molar-refractivity contribution in [3.63, 3.8) is 0 Å². The molecule has 0 saturated heterocycles. The van der Waals surface area contributed by atoms with Crippen molar-refractivity contribution < 1.29 is 4.79 Å². The van der Waals surface area contributed by atoms with Gasteiger partial charge in [-0.1, -0.05) is 12.8 Å². The average Bonchev–Trinajstić information content (AvgIpc) is 3.34. The minimum Gasteiger partial charge on any atom is -0.368 e. The number of benzene rings is 1. The molecule has 2 aromatic rings. The fourth-order valence-electron chi connectivity index (χ4n) is 4.07. The number of fused-ring (bicyclic) bond motifs is 1. The van der Waals surface area contributed by atoms with E-state index in [1.807, 2.05) is 12.1 Å². The first-order valence-electron chi connectivity index (χ1n) is 9.20. The number of aromatic nitrogens is 3. The third kappa shape index (κ3) is 3.01. The number of anilines is 1. The normalized spacial score (nSPS) is 20.3. The molecule has 4 rings (SSSR count). The van der Waals surface area contributed by atoms with Gasteiger partial charge in [-0.3, -0.25) is 9.89 Å². The van der Waals surface area contributed by atoms with Crippen molar-refractivity contribution in [3.05, 3.63) is 41.5 Å². The van der Waals surface area contributed by atoms with E-state index in [1.165, 1.54) is 18.5 Å². The highest BCUT2D eigenvalue weighted by Crippen LogP contribution is 2.40. The molecule has 1 aromatic carbocycles. The number of nitrogens with zero attached hydrogens (tertiary/aromatic N) is 3. The number of carbonyl (C=O) groups excluding carboxylic acids is 1. The minimum atomic E-state index is 0.0361. The van der Waals surface area contributed by atoms with Gasteiger partial charge < -0.3 is 10.2 Å². The van der Waals surface area contributed by atoms with E-state index in [9.17, 15) is 4.79 Å². The molecule has 1 fully saturated rings. The van der Waals surface area contributed by atoms with Crippen LogP contribution < -0.4 is 10.2 Å². The Hall–Kier alpha value is -2.37. The van der Waals surface area contributed by atoms with Crippen molar-refractivity contribution in [2.75, 3.05) is 11.4 Å². The van der Waals surface area contributed by atoms with Crippen LogP contribution in [0.4, 0.5) is 5.69 Å². The molecule has 1 aliphatic carbocycles. The highest BCUT2D eigenvalue weighted by Gasteiger charge is 2.33. The average molecular weight is 339 g/mol. The molecule has 1 atom stereocenters. The zero-order valence-corrected chi connectivity index (χ0v) is 14.8. The lowest BCUT2D eigenvalue weighted by Gasteiger charge is -2.24. The lowest BCUT2D eigenvalue weighted by molar-refractivity contribution is 0.0938. The molecule has 0 radical (unpaired) electrons. The Morgan fingerprint density at radius 3 is 2.80 bits per heavy atom. The van der Waals surface area contributed by atoms with E-state index in [-0.39, 0.29) is 11.8 Å². The molecular weight excluding hydrogens is 314 g/mol. The van der Waals surface area contributed by atoms with E-state index in [0.29, 0.717) is 12.1 Å². The molecule has 6 heteroatoms. The monoisotopic (exact) mass is 339 g/mol. The first-order valence-corrected chi connectivity index (χ1v) is 9.20. The summed E-state index contributed by atoms with van der Waals surface area (Å²) in [5.41, 5.74) is 3.08. The van der Waals surface area contributed by atoms with Gasteiger partial charge in [-0.05, 0) is 50.5 Å². The third-order valence-electron chi connectivity index (χ3n) is 5.43. The summed E-state index contributed by atoms with van der Waals surface area (Å²) in [5, 5.41) is 10.2. The van der Waals surface area contributed by atoms with Gasteiger partial charge in [-0.15, -0.1) is 0 Å². The summed E-state index contributed by atoms with van der Waals surface area (Å²) >= 11 is 0. The van der Waals surface area contributed by atoms with Crippen LogP contribution in [0.15, 0.2) is 24.5 Å². The Bertz CT molecular complexity index is 749. The van der Waals surface area contributed by atoms with Crippen LogP contribution in [0.2, 0.25) is 0 Å². The lowest BCUT2D eigenvalue weighted by Crippen LogP contribution is -2.32. The summed E-state index contributed by atoms with van der Waals surface area (Å²) in [6.45, 7) is 5.23. The second-order valence-corrected chi connectivity index (χ2v) is 7.40. The van der Waals surface area contributed by atoms with Gasteiger partial charge in [0.1, 0.15) is 12.2 Å². The number of H-pyrrole nitrogens is 1. The molecular formula is C19H25N5O. The quantitative estimate of drug-likeness (QED) is 0.898. The van der Waals surface area contributed by atoms with E-state index in [1.54, 1.807) is 6.33 Å². The molecule has 25 heavy (non-hydrogen) atoms. The maximum atomic E-state index is 12.6. The molecule has 1 aliphatic heterocycles. The first kappa shape index (κ1) is 16.1. The zero-order chi connectivity index (χ0) is 17.4. The summed E-state index contributed by atoms with van der Waals surface area (Å²) in [4.78, 5) is 19.4. The summed E-state index contributed by atoms with van der Waals surface area (Å²) in [7, 11) is 0. The van der Waals surface area contributed by atoms with Crippen molar-refractivity contribution in [3.8, 4) is 0 Å². The minimum absolute atomic E-state index is 0.0361. The van der Waals surface area contributed by atoms with Gasteiger partial charge in [0.05, 0.1) is 5.92 Å². The summed E-state index contributed by atoms with van der Waals surface area (Å²) in [6, 6.07) is 6.79. The van der Waals surface area contributed by atoms with Crippen LogP contribution >= 0.6 is 0 Å². The van der Waals surface area contributed by atoms with Crippen LogP contribution in [0.3, 0.4) is 0 Å². The number of rotatable bonds is 4. The maximum absolute atomic E-state index is 12.6. The Kier molecular flexibility index (Phi) is 4.19. The Morgan fingerprint density at radius 1 is 1.32 bits per heavy atom. The van der Waals surface area contributed by atoms with E-state index >= 15 is 0 Å². The first-order chi connectivity index (χ1) is 12.1. The highest BCUT2D eigenvalue weighted by molar-refractivity contribution is 5.95. The Balaban J connectivity index is 1.64. The van der Waals surface area contributed by atoms with Crippen molar-refractivity contribution in [2.45, 2.75) is 57.5 Å². The van der Waals surface area contributed by atoms with Crippen molar-refractivity contribution in [1.29, 1.82) is 0 Å². The molecule has 1 saturated carbocycles. The second kappa shape index (κ2) is 6.50. The zero-order valence-electron chi connectivity index (χ0n) is 14.8. The van der Waals surface area contributed by atoms with Crippen LogP contribution in [0, 0.1) is 0 Å². The van der Waals surface area contributed by atoms with Crippen molar-refractivity contribution >= 4 is 11.6 Å². The standard InChI is InChI=1S/C19H25N5O/c1-12(2)24-10-16(18-20-11-21-23-18)15-9-13(7-8-17(15)24)19(25)22-14-5-3-4-6-14/h7-9,11-12,14,16H,3-6,10H2,1-2H3,(H,22,25)(H,20,21,23). The summed E-state index contributed by atoms with van der Waals surface area (Å²) in [6.07, 6.45) is 6.17. The molecule has 1 aromatic heterocycles. The van der Waals surface area contributed by atoms with Crippen molar-refractivity contribution in [1.82, 2.24) is 20.5 Å². The molecule has 0 spiro atoms. The van der Waals surface area contributed by atoms with Gasteiger partial charge in [0.25, 0.3) is 5.91 Å². The largest absolute Gasteiger partial charge is 0.368 e. The third-order valence-corrected chi connectivity index (χ3v) is 5.43. The number of nitrogens with one attached hydrogen (secondary N) is 2. The molecule has 0 bridgehead atoms. The summed E-state index contributed by atoms with van der Waals surface area (Å²) < 4.78 is 0. The number of aromatic amines is 1. The fraction of sp³-hybridized carbons (Fsp3) is 0.526. The van der Waals surface area contributed by atoms with Gasteiger partial charge in [0, 0.05) is 29.9 Å². The molecule has 2 aliphatic rings. The predicted molar refractivity (Wildman–Crippen MR) is 96.9 cm³/mol. The van der Waals surface area contributed by atoms with Crippen LogP contribution in [0.5, 0.6) is 0 Å². The van der Waals surface area contributed by atoms with E-state index in [4.69, 9.17) is 0 Å². The van der Waals surface area contributed by atoms with E-state index < -0.39 is 0 Å². The molecule has 132 valence electrons. The van der Waals surface area contributed by atoms with Crippen LogP contribution in [-0.2, 0) is 0 Å². The summed E-state index contributed by atoms with van der Waals surface area (Å²) in [5.74, 6) is 1.02. The Labute approximate surface area is 148 Å². The fourth-order valence-corrected chi connectivity index (χ4v) is 4.07. The van der Waals surface area contributed by atoms with Gasteiger partial charge in [-0.2, -0.15) is 5.10 Å².